The SMILES string of the molecule is CC1CCN(C(CNC(=O)c2ccc(N)cc2)c2cccs2)CC1. The highest BCUT2D eigenvalue weighted by molar-refractivity contribution is 7.10. The van der Waals surface area contributed by atoms with Gasteiger partial charge in [0.25, 0.3) is 5.91 Å². The van der Waals surface area contributed by atoms with Gasteiger partial charge in [0.05, 0.1) is 6.04 Å². The van der Waals surface area contributed by atoms with Gasteiger partial charge < -0.3 is 11.1 Å². The lowest BCUT2D eigenvalue weighted by atomic mass is 9.97. The molecule has 1 aromatic heterocycles. The lowest BCUT2D eigenvalue weighted by molar-refractivity contribution is 0.0915. The molecule has 24 heavy (non-hydrogen) atoms. The largest absolute Gasteiger partial charge is 0.399 e. The van der Waals surface area contributed by atoms with Gasteiger partial charge in [0.2, 0.25) is 0 Å². The highest BCUT2D eigenvalue weighted by Gasteiger charge is 2.25. The number of nitrogens with zero attached hydrogens (tertiary/aromatic N) is 1. The standard InChI is InChI=1S/C19H25N3OS/c1-14-8-10-22(11-9-14)17(18-3-2-12-24-18)13-21-19(23)15-4-6-16(20)7-5-15/h2-7,12,14,17H,8-11,13,20H2,1H3,(H,21,23). The Kier molecular flexibility index (Phi) is 5.53. The van der Waals surface area contributed by atoms with Gasteiger partial charge in [-0.3, -0.25) is 9.69 Å². The van der Waals surface area contributed by atoms with Gasteiger partial charge in [-0.2, -0.15) is 0 Å². The number of nitrogen functional groups attached to an aromatic ring is 1. The highest BCUT2D eigenvalue weighted by atomic mass is 32.1. The first-order valence-electron chi connectivity index (χ1n) is 8.54. The summed E-state index contributed by atoms with van der Waals surface area (Å²) in [5.41, 5.74) is 7.01. The Morgan fingerprint density at radius 1 is 1.29 bits per heavy atom. The normalized spacial score (nSPS) is 17.5. The Morgan fingerprint density at radius 2 is 2.00 bits per heavy atom. The topological polar surface area (TPSA) is 58.4 Å². The van der Waals surface area contributed by atoms with E-state index in [9.17, 15) is 4.79 Å². The van der Waals surface area contributed by atoms with Crippen LogP contribution in [0.1, 0.15) is 41.0 Å². The maximum Gasteiger partial charge on any atom is 0.251 e. The monoisotopic (exact) mass is 343 g/mol. The van der Waals surface area contributed by atoms with Crippen molar-refractivity contribution >= 4 is 22.9 Å². The van der Waals surface area contributed by atoms with E-state index in [4.69, 9.17) is 5.73 Å². The predicted molar refractivity (Wildman–Crippen MR) is 100 cm³/mol. The van der Waals surface area contributed by atoms with Crippen LogP contribution in [-0.4, -0.2) is 30.4 Å². The zero-order valence-electron chi connectivity index (χ0n) is 14.1. The molecule has 0 saturated carbocycles. The minimum absolute atomic E-state index is 0.0399. The van der Waals surface area contributed by atoms with E-state index in [0.717, 1.165) is 19.0 Å². The number of nitrogens with two attached hydrogens (primary N) is 1. The average Bonchev–Trinajstić information content (AvgIpc) is 3.11. The van der Waals surface area contributed by atoms with Gasteiger partial charge >= 0.3 is 0 Å². The van der Waals surface area contributed by atoms with Crippen LogP contribution in [0.15, 0.2) is 41.8 Å². The Hall–Kier alpha value is -1.85. The number of likely N-dealkylation sites (tertiary alicyclic amines) is 1. The third kappa shape index (κ3) is 4.16. The molecule has 5 heteroatoms. The third-order valence-electron chi connectivity index (χ3n) is 4.76. The second kappa shape index (κ2) is 7.81. The van der Waals surface area contributed by atoms with E-state index >= 15 is 0 Å². The molecule has 2 heterocycles. The average molecular weight is 343 g/mol. The summed E-state index contributed by atoms with van der Waals surface area (Å²) in [7, 11) is 0. The van der Waals surface area contributed by atoms with Crippen molar-refractivity contribution in [3.05, 3.63) is 52.2 Å². The molecule has 128 valence electrons. The van der Waals surface area contributed by atoms with Crippen molar-refractivity contribution in [2.75, 3.05) is 25.4 Å². The van der Waals surface area contributed by atoms with Crippen LogP contribution >= 0.6 is 11.3 Å². The highest BCUT2D eigenvalue weighted by Crippen LogP contribution is 2.29. The quantitative estimate of drug-likeness (QED) is 0.817. The molecule has 1 fully saturated rings. The Labute approximate surface area is 147 Å². The van der Waals surface area contributed by atoms with E-state index < -0.39 is 0 Å². The van der Waals surface area contributed by atoms with Crippen LogP contribution in [0.2, 0.25) is 0 Å². The van der Waals surface area contributed by atoms with E-state index in [-0.39, 0.29) is 11.9 Å². The number of carbonyl (C=O) groups is 1. The van der Waals surface area contributed by atoms with Crippen LogP contribution in [0.3, 0.4) is 0 Å². The van der Waals surface area contributed by atoms with E-state index in [2.05, 4.69) is 34.7 Å². The van der Waals surface area contributed by atoms with Crippen LogP contribution in [0, 0.1) is 5.92 Å². The summed E-state index contributed by atoms with van der Waals surface area (Å²) in [5, 5.41) is 5.21. The molecule has 0 spiro atoms. The fraction of sp³-hybridized carbons (Fsp3) is 0.421. The molecule has 1 aliphatic heterocycles. The Morgan fingerprint density at radius 3 is 2.62 bits per heavy atom. The molecule has 3 rings (SSSR count). The second-order valence-electron chi connectivity index (χ2n) is 6.58. The van der Waals surface area contributed by atoms with Crippen LogP contribution in [0.25, 0.3) is 0 Å². The first-order chi connectivity index (χ1) is 11.6. The predicted octanol–water partition coefficient (Wildman–Crippen LogP) is 3.53. The molecule has 1 unspecified atom stereocenters. The Balaban J connectivity index is 1.66. The van der Waals surface area contributed by atoms with Crippen molar-refractivity contribution in [3.63, 3.8) is 0 Å². The molecular formula is C19H25N3OS. The van der Waals surface area contributed by atoms with Crippen molar-refractivity contribution < 1.29 is 4.79 Å². The zero-order valence-corrected chi connectivity index (χ0v) is 14.9. The molecule has 1 saturated heterocycles. The maximum atomic E-state index is 12.4. The number of carbonyl (C=O) groups excluding carboxylic acids is 1. The lowest BCUT2D eigenvalue weighted by Gasteiger charge is -2.36. The fourth-order valence-electron chi connectivity index (χ4n) is 3.16. The third-order valence-corrected chi connectivity index (χ3v) is 5.73. The molecule has 1 atom stereocenters. The first kappa shape index (κ1) is 17.0. The van der Waals surface area contributed by atoms with E-state index in [1.807, 2.05) is 0 Å². The number of piperidine rings is 1. The van der Waals surface area contributed by atoms with Gasteiger partial charge in [-0.25, -0.2) is 0 Å². The first-order valence-corrected chi connectivity index (χ1v) is 9.42. The maximum absolute atomic E-state index is 12.4. The van der Waals surface area contributed by atoms with Gasteiger partial charge in [0.15, 0.2) is 0 Å². The van der Waals surface area contributed by atoms with E-state index in [1.165, 1.54) is 17.7 Å². The van der Waals surface area contributed by atoms with Crippen molar-refractivity contribution in [3.8, 4) is 0 Å². The van der Waals surface area contributed by atoms with E-state index in [1.54, 1.807) is 35.6 Å². The van der Waals surface area contributed by atoms with Crippen LogP contribution in [0.5, 0.6) is 0 Å². The molecule has 2 aromatic rings. The molecule has 1 aromatic carbocycles. The number of benzene rings is 1. The number of anilines is 1. The number of amides is 1. The lowest BCUT2D eigenvalue weighted by Crippen LogP contribution is -2.41. The number of thiophene rings is 1. The minimum atomic E-state index is -0.0399. The van der Waals surface area contributed by atoms with Gasteiger partial charge in [-0.05, 0) is 67.6 Å². The molecule has 1 amide bonds. The van der Waals surface area contributed by atoms with Crippen molar-refractivity contribution in [2.45, 2.75) is 25.8 Å². The fourth-order valence-corrected chi connectivity index (χ4v) is 4.02. The molecule has 0 aliphatic carbocycles. The summed E-state index contributed by atoms with van der Waals surface area (Å²) in [6.07, 6.45) is 2.46. The molecular weight excluding hydrogens is 318 g/mol. The molecule has 0 bridgehead atoms. The summed E-state index contributed by atoms with van der Waals surface area (Å²) in [6, 6.07) is 11.6. The summed E-state index contributed by atoms with van der Waals surface area (Å²) in [4.78, 5) is 16.2. The molecule has 4 nitrogen and oxygen atoms in total. The summed E-state index contributed by atoms with van der Waals surface area (Å²) >= 11 is 1.77. The molecule has 3 N–H and O–H groups in total. The minimum Gasteiger partial charge on any atom is -0.399 e. The van der Waals surface area contributed by atoms with Crippen LogP contribution in [-0.2, 0) is 0 Å². The molecule has 0 radical (unpaired) electrons. The van der Waals surface area contributed by atoms with Gasteiger partial charge in [0, 0.05) is 22.7 Å². The van der Waals surface area contributed by atoms with Gasteiger partial charge in [0.1, 0.15) is 0 Å². The number of rotatable bonds is 5. The van der Waals surface area contributed by atoms with Crippen molar-refractivity contribution in [1.82, 2.24) is 10.2 Å². The smallest absolute Gasteiger partial charge is 0.251 e. The van der Waals surface area contributed by atoms with Gasteiger partial charge in [-0.15, -0.1) is 11.3 Å². The summed E-state index contributed by atoms with van der Waals surface area (Å²) < 4.78 is 0. The summed E-state index contributed by atoms with van der Waals surface area (Å²) in [6.45, 7) is 5.15. The van der Waals surface area contributed by atoms with Crippen LogP contribution in [0.4, 0.5) is 5.69 Å². The molecule has 1 aliphatic rings. The zero-order chi connectivity index (χ0) is 16.9. The summed E-state index contributed by atoms with van der Waals surface area (Å²) in [5.74, 6) is 0.761. The van der Waals surface area contributed by atoms with Crippen molar-refractivity contribution in [1.29, 1.82) is 0 Å². The van der Waals surface area contributed by atoms with E-state index in [0.29, 0.717) is 17.8 Å². The Bertz CT molecular complexity index is 646. The number of hydrogen-bond donors (Lipinski definition) is 2. The van der Waals surface area contributed by atoms with Crippen molar-refractivity contribution in [2.24, 2.45) is 5.92 Å². The number of nitrogens with one attached hydrogen (secondary N) is 1. The van der Waals surface area contributed by atoms with Gasteiger partial charge in [-0.1, -0.05) is 13.0 Å². The van der Waals surface area contributed by atoms with Crippen LogP contribution < -0.4 is 11.1 Å². The number of hydrogen-bond acceptors (Lipinski definition) is 4. The second-order valence-corrected chi connectivity index (χ2v) is 7.56.